The Morgan fingerprint density at radius 1 is 1.15 bits per heavy atom. The van der Waals surface area contributed by atoms with Gasteiger partial charge in [0.05, 0.1) is 17.7 Å². The van der Waals surface area contributed by atoms with Crippen LogP contribution in [0.15, 0.2) is 24.3 Å². The molecule has 1 saturated heterocycles. The molecule has 1 fully saturated rings. The highest BCUT2D eigenvalue weighted by Gasteiger charge is 2.19. The van der Waals surface area contributed by atoms with E-state index in [2.05, 4.69) is 22.8 Å². The zero-order chi connectivity index (χ0) is 14.4. The van der Waals surface area contributed by atoms with Gasteiger partial charge in [-0.05, 0) is 30.7 Å². The molecule has 1 unspecified atom stereocenters. The maximum absolute atomic E-state index is 10.3. The summed E-state index contributed by atoms with van der Waals surface area (Å²) in [5, 5.41) is 19.0. The molecule has 1 aliphatic rings. The summed E-state index contributed by atoms with van der Waals surface area (Å²) in [4.78, 5) is 4.79. The number of rotatable bonds is 5. The Morgan fingerprint density at radius 2 is 1.75 bits per heavy atom. The molecule has 4 nitrogen and oxygen atoms in total. The van der Waals surface area contributed by atoms with Crippen LogP contribution in [0, 0.1) is 11.3 Å². The van der Waals surface area contributed by atoms with E-state index in [1.54, 1.807) is 12.1 Å². The summed E-state index contributed by atoms with van der Waals surface area (Å²) in [5.41, 5.74) is 1.52. The Labute approximate surface area is 121 Å². The Morgan fingerprint density at radius 3 is 2.30 bits per heavy atom. The zero-order valence-electron chi connectivity index (χ0n) is 12.1. The highest BCUT2D eigenvalue weighted by atomic mass is 16.3. The molecular weight excluding hydrogens is 250 g/mol. The first-order chi connectivity index (χ1) is 9.72. The van der Waals surface area contributed by atoms with Crippen LogP contribution in [0.4, 0.5) is 0 Å². The molecule has 1 heterocycles. The van der Waals surface area contributed by atoms with Crippen molar-refractivity contribution in [1.82, 2.24) is 9.80 Å². The fraction of sp³-hybridized carbons (Fsp3) is 0.562. The average Bonchev–Trinajstić information content (AvgIpc) is 2.49. The quantitative estimate of drug-likeness (QED) is 0.885. The molecule has 0 saturated carbocycles. The molecule has 1 aromatic carbocycles. The highest BCUT2D eigenvalue weighted by Crippen LogP contribution is 2.16. The summed E-state index contributed by atoms with van der Waals surface area (Å²) < 4.78 is 0. The smallest absolute Gasteiger partial charge is 0.0991 e. The van der Waals surface area contributed by atoms with Crippen LogP contribution in [0.5, 0.6) is 0 Å². The number of β-amino-alcohol motifs (C(OH)–C–C–N with tert-alkyl or cyclic N) is 1. The van der Waals surface area contributed by atoms with Gasteiger partial charge in [-0.2, -0.15) is 5.26 Å². The van der Waals surface area contributed by atoms with Crippen LogP contribution < -0.4 is 0 Å². The molecule has 20 heavy (non-hydrogen) atoms. The molecule has 2 rings (SSSR count). The van der Waals surface area contributed by atoms with E-state index in [1.807, 2.05) is 12.1 Å². The van der Waals surface area contributed by atoms with E-state index in [9.17, 15) is 5.11 Å². The monoisotopic (exact) mass is 273 g/mol. The largest absolute Gasteiger partial charge is 0.387 e. The highest BCUT2D eigenvalue weighted by molar-refractivity contribution is 5.32. The minimum Gasteiger partial charge on any atom is -0.387 e. The van der Waals surface area contributed by atoms with E-state index < -0.39 is 6.10 Å². The molecule has 0 radical (unpaired) electrons. The van der Waals surface area contributed by atoms with Crippen molar-refractivity contribution in [2.45, 2.75) is 19.4 Å². The lowest BCUT2D eigenvalue weighted by molar-refractivity contribution is 0.0726. The number of nitriles is 1. The maximum atomic E-state index is 10.3. The fourth-order valence-corrected chi connectivity index (χ4v) is 2.64. The minimum absolute atomic E-state index is 0.472. The van der Waals surface area contributed by atoms with E-state index in [4.69, 9.17) is 5.26 Å². The van der Waals surface area contributed by atoms with Gasteiger partial charge in [-0.15, -0.1) is 0 Å². The van der Waals surface area contributed by atoms with Crippen LogP contribution in [0.25, 0.3) is 0 Å². The molecule has 1 atom stereocenters. The number of piperazine rings is 1. The number of nitrogens with zero attached hydrogens (tertiary/aromatic N) is 3. The van der Waals surface area contributed by atoms with Crippen molar-refractivity contribution in [2.24, 2.45) is 0 Å². The first-order valence-electron chi connectivity index (χ1n) is 7.35. The van der Waals surface area contributed by atoms with Crippen LogP contribution in [0.2, 0.25) is 0 Å². The standard InChI is InChI=1S/C16H23N3O/c1-2-7-18-8-10-19(11-9-18)13-16(20)15-5-3-14(12-17)4-6-15/h3-6,16,20H,2,7-11,13H2,1H3. The van der Waals surface area contributed by atoms with Crippen LogP contribution in [-0.2, 0) is 0 Å². The van der Waals surface area contributed by atoms with Crippen molar-refractivity contribution in [3.8, 4) is 6.07 Å². The summed E-state index contributed by atoms with van der Waals surface area (Å²) in [7, 11) is 0. The van der Waals surface area contributed by atoms with E-state index in [0.717, 1.165) is 31.7 Å². The summed E-state index contributed by atoms with van der Waals surface area (Å²) in [6, 6.07) is 9.30. The molecule has 0 spiro atoms. The molecular formula is C16H23N3O. The predicted octanol–water partition coefficient (Wildman–Crippen LogP) is 1.62. The van der Waals surface area contributed by atoms with Crippen LogP contribution in [0.1, 0.15) is 30.6 Å². The van der Waals surface area contributed by atoms with Crippen LogP contribution in [-0.4, -0.2) is 54.2 Å². The number of aliphatic hydroxyl groups excluding tert-OH is 1. The second kappa shape index (κ2) is 7.39. The van der Waals surface area contributed by atoms with Crippen molar-refractivity contribution in [2.75, 3.05) is 39.3 Å². The van der Waals surface area contributed by atoms with Crippen molar-refractivity contribution in [3.05, 3.63) is 35.4 Å². The van der Waals surface area contributed by atoms with E-state index in [0.29, 0.717) is 12.1 Å². The SMILES string of the molecule is CCCN1CCN(CC(O)c2ccc(C#N)cc2)CC1. The summed E-state index contributed by atoms with van der Waals surface area (Å²) in [6.07, 6.45) is 0.730. The molecule has 0 bridgehead atoms. The van der Waals surface area contributed by atoms with Gasteiger partial charge < -0.3 is 10.0 Å². The number of hydrogen-bond donors (Lipinski definition) is 1. The van der Waals surface area contributed by atoms with Gasteiger partial charge in [0.1, 0.15) is 0 Å². The third-order valence-electron chi connectivity index (χ3n) is 3.86. The van der Waals surface area contributed by atoms with Gasteiger partial charge in [-0.3, -0.25) is 4.90 Å². The minimum atomic E-state index is -0.472. The predicted molar refractivity (Wildman–Crippen MR) is 79.3 cm³/mol. The second-order valence-corrected chi connectivity index (χ2v) is 5.39. The second-order valence-electron chi connectivity index (χ2n) is 5.39. The first kappa shape index (κ1) is 15.0. The topological polar surface area (TPSA) is 50.5 Å². The van der Waals surface area contributed by atoms with Gasteiger partial charge >= 0.3 is 0 Å². The molecule has 0 amide bonds. The third-order valence-corrected chi connectivity index (χ3v) is 3.86. The zero-order valence-corrected chi connectivity index (χ0v) is 12.1. The lowest BCUT2D eigenvalue weighted by atomic mass is 10.1. The van der Waals surface area contributed by atoms with E-state index in [1.165, 1.54) is 13.0 Å². The average molecular weight is 273 g/mol. The van der Waals surface area contributed by atoms with Gasteiger partial charge in [0, 0.05) is 32.7 Å². The van der Waals surface area contributed by atoms with Gasteiger partial charge in [-0.25, -0.2) is 0 Å². The molecule has 1 N–H and O–H groups in total. The molecule has 0 aliphatic carbocycles. The summed E-state index contributed by atoms with van der Waals surface area (Å²) in [6.45, 7) is 8.28. The Balaban J connectivity index is 1.82. The number of aliphatic hydroxyl groups is 1. The van der Waals surface area contributed by atoms with Crippen molar-refractivity contribution < 1.29 is 5.11 Å². The maximum Gasteiger partial charge on any atom is 0.0991 e. The Kier molecular flexibility index (Phi) is 5.54. The van der Waals surface area contributed by atoms with Gasteiger partial charge in [-0.1, -0.05) is 19.1 Å². The summed E-state index contributed by atoms with van der Waals surface area (Å²) in [5.74, 6) is 0. The molecule has 108 valence electrons. The van der Waals surface area contributed by atoms with Crippen LogP contribution >= 0.6 is 0 Å². The van der Waals surface area contributed by atoms with Crippen molar-refractivity contribution >= 4 is 0 Å². The van der Waals surface area contributed by atoms with Gasteiger partial charge in [0.2, 0.25) is 0 Å². The van der Waals surface area contributed by atoms with Crippen molar-refractivity contribution in [1.29, 1.82) is 5.26 Å². The Bertz CT molecular complexity index is 444. The van der Waals surface area contributed by atoms with E-state index in [-0.39, 0.29) is 0 Å². The van der Waals surface area contributed by atoms with Gasteiger partial charge in [0.15, 0.2) is 0 Å². The molecule has 0 aromatic heterocycles. The third kappa shape index (κ3) is 4.04. The number of benzene rings is 1. The van der Waals surface area contributed by atoms with Crippen molar-refractivity contribution in [3.63, 3.8) is 0 Å². The molecule has 1 aliphatic heterocycles. The first-order valence-corrected chi connectivity index (χ1v) is 7.35. The lowest BCUT2D eigenvalue weighted by Gasteiger charge is -2.35. The normalized spacial score (nSPS) is 18.6. The van der Waals surface area contributed by atoms with Crippen LogP contribution in [0.3, 0.4) is 0 Å². The molecule has 4 heteroatoms. The summed E-state index contributed by atoms with van der Waals surface area (Å²) >= 11 is 0. The number of hydrogen-bond acceptors (Lipinski definition) is 4. The fourth-order valence-electron chi connectivity index (χ4n) is 2.64. The lowest BCUT2D eigenvalue weighted by Crippen LogP contribution is -2.47. The molecule has 1 aromatic rings. The van der Waals surface area contributed by atoms with E-state index >= 15 is 0 Å². The van der Waals surface area contributed by atoms with Gasteiger partial charge in [0.25, 0.3) is 0 Å². The Hall–Kier alpha value is -1.41.